The number of amides is 1. The van der Waals surface area contributed by atoms with Gasteiger partial charge in [0.25, 0.3) is 5.91 Å². The average molecular weight is 394 g/mol. The Balaban J connectivity index is 1.74. The minimum absolute atomic E-state index is 0.0895. The van der Waals surface area contributed by atoms with Crippen LogP contribution in [-0.4, -0.2) is 16.8 Å². The summed E-state index contributed by atoms with van der Waals surface area (Å²) in [5.41, 5.74) is 1.76. The number of furan rings is 1. The Hall–Kier alpha value is -2.92. The van der Waals surface area contributed by atoms with E-state index >= 15 is 0 Å². The van der Waals surface area contributed by atoms with Crippen LogP contribution < -0.4 is 5.32 Å². The van der Waals surface area contributed by atoms with E-state index in [1.54, 1.807) is 18.2 Å². The lowest BCUT2D eigenvalue weighted by atomic mass is 10.1. The van der Waals surface area contributed by atoms with Crippen molar-refractivity contribution in [3.05, 3.63) is 95.2 Å². The molecule has 0 saturated heterocycles. The van der Waals surface area contributed by atoms with Gasteiger partial charge in [0.15, 0.2) is 5.76 Å². The maximum Gasteiger partial charge on any atom is 0.287 e. The van der Waals surface area contributed by atoms with Crippen LogP contribution >= 0.6 is 0 Å². The van der Waals surface area contributed by atoms with E-state index in [2.05, 4.69) is 10.2 Å². The van der Waals surface area contributed by atoms with Crippen LogP contribution in [0.5, 0.6) is 0 Å². The van der Waals surface area contributed by atoms with E-state index in [1.165, 1.54) is 6.07 Å². The van der Waals surface area contributed by atoms with Gasteiger partial charge in [0.05, 0.1) is 6.54 Å². The molecule has 0 spiro atoms. The summed E-state index contributed by atoms with van der Waals surface area (Å²) in [5.74, 6) is 0.533. The Morgan fingerprint density at radius 3 is 2.45 bits per heavy atom. The van der Waals surface area contributed by atoms with Gasteiger partial charge in [0, 0.05) is 24.7 Å². The lowest BCUT2D eigenvalue weighted by molar-refractivity contribution is 0.0906. The molecule has 5 heteroatoms. The van der Waals surface area contributed by atoms with Gasteiger partial charge in [-0.2, -0.15) is 0 Å². The van der Waals surface area contributed by atoms with Crippen LogP contribution in [-0.2, 0) is 19.6 Å². The predicted molar refractivity (Wildman–Crippen MR) is 112 cm³/mol. The number of halogens is 1. The number of benzene rings is 2. The highest BCUT2D eigenvalue weighted by Crippen LogP contribution is 2.18. The molecule has 0 aliphatic rings. The molecular weight excluding hydrogens is 367 g/mol. The Bertz CT molecular complexity index is 923. The normalized spacial score (nSPS) is 12.1. The maximum absolute atomic E-state index is 14.2. The fourth-order valence-electron chi connectivity index (χ4n) is 3.08. The summed E-state index contributed by atoms with van der Waals surface area (Å²) in [5, 5.41) is 2.90. The fourth-order valence-corrected chi connectivity index (χ4v) is 3.08. The molecule has 29 heavy (non-hydrogen) atoms. The first kappa shape index (κ1) is 20.8. The van der Waals surface area contributed by atoms with Crippen LogP contribution in [0.15, 0.2) is 71.1 Å². The van der Waals surface area contributed by atoms with E-state index in [4.69, 9.17) is 4.42 Å². The highest BCUT2D eigenvalue weighted by Gasteiger charge is 2.16. The zero-order valence-corrected chi connectivity index (χ0v) is 16.9. The first-order valence-electron chi connectivity index (χ1n) is 9.94. The van der Waals surface area contributed by atoms with Crippen molar-refractivity contribution in [1.29, 1.82) is 0 Å². The van der Waals surface area contributed by atoms with E-state index < -0.39 is 0 Å². The van der Waals surface area contributed by atoms with Crippen molar-refractivity contribution in [1.82, 2.24) is 10.2 Å². The summed E-state index contributed by atoms with van der Waals surface area (Å²) < 4.78 is 20.0. The highest BCUT2D eigenvalue weighted by molar-refractivity contribution is 5.91. The molecule has 1 aromatic heterocycles. The topological polar surface area (TPSA) is 45.5 Å². The maximum atomic E-state index is 14.2. The van der Waals surface area contributed by atoms with Gasteiger partial charge in [-0.25, -0.2) is 4.39 Å². The monoisotopic (exact) mass is 394 g/mol. The number of hydrogen-bond donors (Lipinski definition) is 1. The largest absolute Gasteiger partial charge is 0.455 e. The molecule has 0 fully saturated rings. The van der Waals surface area contributed by atoms with Crippen LogP contribution in [0.1, 0.15) is 47.7 Å². The third kappa shape index (κ3) is 6.03. The summed E-state index contributed by atoms with van der Waals surface area (Å²) in [6, 6.07) is 20.4. The minimum Gasteiger partial charge on any atom is -0.455 e. The summed E-state index contributed by atoms with van der Waals surface area (Å²) >= 11 is 0. The van der Waals surface area contributed by atoms with Crippen molar-refractivity contribution in [2.24, 2.45) is 0 Å². The molecule has 3 aromatic rings. The van der Waals surface area contributed by atoms with Crippen LogP contribution in [0.2, 0.25) is 0 Å². The summed E-state index contributed by atoms with van der Waals surface area (Å²) in [7, 11) is 0. The zero-order chi connectivity index (χ0) is 20.6. The van der Waals surface area contributed by atoms with Crippen LogP contribution in [0, 0.1) is 5.82 Å². The molecule has 3 rings (SSSR count). The molecule has 1 unspecified atom stereocenters. The molecule has 0 aliphatic carbocycles. The molecule has 1 heterocycles. The van der Waals surface area contributed by atoms with Gasteiger partial charge in [0.1, 0.15) is 11.6 Å². The van der Waals surface area contributed by atoms with Crippen molar-refractivity contribution < 1.29 is 13.6 Å². The molecule has 0 radical (unpaired) electrons. The van der Waals surface area contributed by atoms with Gasteiger partial charge in [-0.3, -0.25) is 9.69 Å². The fraction of sp³-hybridized carbons (Fsp3) is 0.292. The Kier molecular flexibility index (Phi) is 7.19. The molecule has 1 N–H and O–H groups in total. The van der Waals surface area contributed by atoms with E-state index in [0.717, 1.165) is 12.0 Å². The second kappa shape index (κ2) is 10.0. The number of hydrogen-bond acceptors (Lipinski definition) is 3. The van der Waals surface area contributed by atoms with E-state index in [0.29, 0.717) is 36.7 Å². The first-order valence-corrected chi connectivity index (χ1v) is 9.94. The van der Waals surface area contributed by atoms with Crippen molar-refractivity contribution in [3.63, 3.8) is 0 Å². The van der Waals surface area contributed by atoms with Gasteiger partial charge in [-0.15, -0.1) is 0 Å². The van der Waals surface area contributed by atoms with Crippen molar-refractivity contribution in [2.75, 3.05) is 0 Å². The predicted octanol–water partition coefficient (Wildman–Crippen LogP) is 5.15. The van der Waals surface area contributed by atoms with Crippen molar-refractivity contribution in [2.45, 2.75) is 45.9 Å². The van der Waals surface area contributed by atoms with E-state index in [-0.39, 0.29) is 17.8 Å². The summed E-state index contributed by atoms with van der Waals surface area (Å²) in [6.45, 7) is 5.53. The van der Waals surface area contributed by atoms with Crippen LogP contribution in [0.3, 0.4) is 0 Å². The summed E-state index contributed by atoms with van der Waals surface area (Å²) in [4.78, 5) is 14.4. The molecule has 0 bridgehead atoms. The Morgan fingerprint density at radius 1 is 1.00 bits per heavy atom. The number of carbonyl (C=O) groups excluding carboxylic acids is 1. The quantitative estimate of drug-likeness (QED) is 0.546. The lowest BCUT2D eigenvalue weighted by Gasteiger charge is -2.22. The summed E-state index contributed by atoms with van der Waals surface area (Å²) in [6.07, 6.45) is 0.854. The molecule has 4 nitrogen and oxygen atoms in total. The standard InChI is InChI=1S/C24H27FN2O2/c1-3-18(2)26-24(28)23-14-13-21(29-23)17-27(15-19-9-5-4-6-10-19)16-20-11-7-8-12-22(20)25/h4-14,18H,3,15-17H2,1-2H3,(H,26,28). The Labute approximate surface area is 171 Å². The van der Waals surface area contributed by atoms with Gasteiger partial charge in [-0.1, -0.05) is 55.5 Å². The van der Waals surface area contributed by atoms with Crippen LogP contribution in [0.4, 0.5) is 4.39 Å². The smallest absolute Gasteiger partial charge is 0.287 e. The lowest BCUT2D eigenvalue weighted by Crippen LogP contribution is -2.31. The average Bonchev–Trinajstić information content (AvgIpc) is 3.19. The molecule has 0 saturated carbocycles. The molecule has 0 aliphatic heterocycles. The first-order chi connectivity index (χ1) is 14.0. The molecule has 152 valence electrons. The molecule has 1 amide bonds. The third-order valence-corrected chi connectivity index (χ3v) is 4.86. The van der Waals surface area contributed by atoms with Crippen LogP contribution in [0.25, 0.3) is 0 Å². The zero-order valence-electron chi connectivity index (χ0n) is 16.9. The minimum atomic E-state index is -0.223. The SMILES string of the molecule is CCC(C)NC(=O)c1ccc(CN(Cc2ccccc2)Cc2ccccc2F)o1. The van der Waals surface area contributed by atoms with E-state index in [1.807, 2.05) is 56.3 Å². The van der Waals surface area contributed by atoms with Crippen molar-refractivity contribution >= 4 is 5.91 Å². The molecule has 1 atom stereocenters. The van der Waals surface area contributed by atoms with Crippen molar-refractivity contribution in [3.8, 4) is 0 Å². The number of nitrogens with one attached hydrogen (secondary N) is 1. The highest BCUT2D eigenvalue weighted by atomic mass is 19.1. The Morgan fingerprint density at radius 2 is 1.72 bits per heavy atom. The van der Waals surface area contributed by atoms with Gasteiger partial charge >= 0.3 is 0 Å². The van der Waals surface area contributed by atoms with Gasteiger partial charge in [0.2, 0.25) is 0 Å². The van der Waals surface area contributed by atoms with E-state index in [9.17, 15) is 9.18 Å². The molecular formula is C24H27FN2O2. The van der Waals surface area contributed by atoms with Gasteiger partial charge in [-0.05, 0) is 37.1 Å². The third-order valence-electron chi connectivity index (χ3n) is 4.86. The number of carbonyl (C=O) groups is 1. The number of nitrogens with zero attached hydrogens (tertiary/aromatic N) is 1. The molecule has 2 aromatic carbocycles. The van der Waals surface area contributed by atoms with Gasteiger partial charge < -0.3 is 9.73 Å². The second-order valence-electron chi connectivity index (χ2n) is 7.27. The second-order valence-corrected chi connectivity index (χ2v) is 7.27. The number of rotatable bonds is 9.